The van der Waals surface area contributed by atoms with Crippen molar-refractivity contribution in [3.8, 4) is 0 Å². The van der Waals surface area contributed by atoms with Gasteiger partial charge in [-0.15, -0.1) is 0 Å². The third-order valence-corrected chi connectivity index (χ3v) is 3.99. The molecule has 0 aromatic heterocycles. The fraction of sp³-hybridized carbons (Fsp3) is 0.438. The molecule has 0 radical (unpaired) electrons. The molecular weight excluding hydrogens is 322 g/mol. The van der Waals surface area contributed by atoms with Crippen LogP contribution in [-0.4, -0.2) is 40.9 Å². The molecule has 1 saturated heterocycles. The molecule has 0 unspecified atom stereocenters. The molecular formula is C16H18F2N2O4. The fourth-order valence-electron chi connectivity index (χ4n) is 2.81. The lowest BCUT2D eigenvalue weighted by Gasteiger charge is -2.22. The van der Waals surface area contributed by atoms with Gasteiger partial charge in [0.05, 0.1) is 18.4 Å². The average Bonchev–Trinajstić information content (AvgIpc) is 2.96. The second kappa shape index (κ2) is 7.37. The number of benzene rings is 1. The first-order chi connectivity index (χ1) is 11.3. The topological polar surface area (TPSA) is 86.7 Å². The first-order valence-electron chi connectivity index (χ1n) is 7.51. The molecule has 1 heterocycles. The molecule has 2 rings (SSSR count). The SMILES string of the molecule is CC(=O)N[C@H](CC(=O)N1CC[C@@H](C(=O)O)C1)c1c(F)cccc1F. The molecule has 1 aliphatic rings. The number of hydrogen-bond acceptors (Lipinski definition) is 3. The summed E-state index contributed by atoms with van der Waals surface area (Å²) in [5, 5.41) is 11.4. The van der Waals surface area contributed by atoms with Crippen LogP contribution in [0.25, 0.3) is 0 Å². The molecule has 2 atom stereocenters. The molecule has 1 fully saturated rings. The van der Waals surface area contributed by atoms with E-state index in [0.717, 1.165) is 12.1 Å². The Morgan fingerprint density at radius 3 is 2.46 bits per heavy atom. The van der Waals surface area contributed by atoms with Crippen molar-refractivity contribution < 1.29 is 28.3 Å². The maximum absolute atomic E-state index is 14.0. The predicted octanol–water partition coefficient (Wildman–Crippen LogP) is 1.47. The van der Waals surface area contributed by atoms with E-state index in [1.54, 1.807) is 0 Å². The van der Waals surface area contributed by atoms with Crippen molar-refractivity contribution >= 4 is 17.8 Å². The minimum Gasteiger partial charge on any atom is -0.481 e. The highest BCUT2D eigenvalue weighted by Gasteiger charge is 2.33. The first-order valence-corrected chi connectivity index (χ1v) is 7.51. The summed E-state index contributed by atoms with van der Waals surface area (Å²) in [7, 11) is 0. The number of amides is 2. The number of carboxylic acid groups (broad SMARTS) is 1. The van der Waals surface area contributed by atoms with Gasteiger partial charge >= 0.3 is 5.97 Å². The van der Waals surface area contributed by atoms with Crippen molar-refractivity contribution in [2.45, 2.75) is 25.8 Å². The highest BCUT2D eigenvalue weighted by atomic mass is 19.1. The van der Waals surface area contributed by atoms with Crippen LogP contribution in [-0.2, 0) is 14.4 Å². The zero-order valence-corrected chi connectivity index (χ0v) is 13.1. The summed E-state index contributed by atoms with van der Waals surface area (Å²) in [6, 6.07) is 2.14. The summed E-state index contributed by atoms with van der Waals surface area (Å²) in [5.41, 5.74) is -0.380. The van der Waals surface area contributed by atoms with E-state index in [1.807, 2.05) is 0 Å². The van der Waals surface area contributed by atoms with Crippen molar-refractivity contribution in [2.75, 3.05) is 13.1 Å². The van der Waals surface area contributed by atoms with Gasteiger partial charge in [-0.1, -0.05) is 6.07 Å². The van der Waals surface area contributed by atoms with Gasteiger partial charge in [-0.05, 0) is 18.6 Å². The van der Waals surface area contributed by atoms with Gasteiger partial charge in [-0.2, -0.15) is 0 Å². The van der Waals surface area contributed by atoms with Crippen LogP contribution in [0.15, 0.2) is 18.2 Å². The van der Waals surface area contributed by atoms with E-state index < -0.39 is 41.4 Å². The minimum atomic E-state index is -1.15. The number of aliphatic carboxylic acids is 1. The van der Waals surface area contributed by atoms with E-state index in [-0.39, 0.29) is 25.1 Å². The Morgan fingerprint density at radius 1 is 1.33 bits per heavy atom. The molecule has 130 valence electrons. The van der Waals surface area contributed by atoms with Gasteiger partial charge < -0.3 is 15.3 Å². The van der Waals surface area contributed by atoms with E-state index in [4.69, 9.17) is 5.11 Å². The molecule has 2 N–H and O–H groups in total. The number of carbonyl (C=O) groups excluding carboxylic acids is 2. The van der Waals surface area contributed by atoms with Crippen LogP contribution in [0.3, 0.4) is 0 Å². The number of nitrogens with zero attached hydrogens (tertiary/aromatic N) is 1. The Bertz CT molecular complexity index is 645. The summed E-state index contributed by atoms with van der Waals surface area (Å²) in [5.74, 6) is -4.32. The Labute approximate surface area is 137 Å². The minimum absolute atomic E-state index is 0.0563. The van der Waals surface area contributed by atoms with Gasteiger partial charge in [-0.25, -0.2) is 8.78 Å². The molecule has 0 aliphatic carbocycles. The lowest BCUT2D eigenvalue weighted by Crippen LogP contribution is -2.36. The largest absolute Gasteiger partial charge is 0.481 e. The van der Waals surface area contributed by atoms with Gasteiger partial charge in [0.25, 0.3) is 0 Å². The van der Waals surface area contributed by atoms with E-state index in [9.17, 15) is 23.2 Å². The van der Waals surface area contributed by atoms with Gasteiger partial charge in [0.15, 0.2) is 0 Å². The highest BCUT2D eigenvalue weighted by molar-refractivity contribution is 5.80. The van der Waals surface area contributed by atoms with Crippen molar-refractivity contribution in [1.82, 2.24) is 10.2 Å². The number of rotatable bonds is 5. The maximum Gasteiger partial charge on any atom is 0.308 e. The van der Waals surface area contributed by atoms with Crippen LogP contribution in [0, 0.1) is 17.6 Å². The quantitative estimate of drug-likeness (QED) is 0.850. The molecule has 2 amide bonds. The highest BCUT2D eigenvalue weighted by Crippen LogP contribution is 2.26. The smallest absolute Gasteiger partial charge is 0.308 e. The van der Waals surface area contributed by atoms with E-state index in [1.165, 1.54) is 17.9 Å². The molecule has 1 aromatic carbocycles. The zero-order valence-electron chi connectivity index (χ0n) is 13.1. The Balaban J connectivity index is 2.16. The zero-order chi connectivity index (χ0) is 17.9. The summed E-state index contributed by atoms with van der Waals surface area (Å²) in [6.45, 7) is 1.51. The van der Waals surface area contributed by atoms with Gasteiger partial charge in [-0.3, -0.25) is 14.4 Å². The van der Waals surface area contributed by atoms with Crippen molar-refractivity contribution in [3.05, 3.63) is 35.4 Å². The third kappa shape index (κ3) is 4.06. The van der Waals surface area contributed by atoms with Crippen LogP contribution < -0.4 is 5.32 Å². The number of carbonyl (C=O) groups is 3. The number of halogens is 2. The van der Waals surface area contributed by atoms with Gasteiger partial charge in [0, 0.05) is 25.6 Å². The fourth-order valence-corrected chi connectivity index (χ4v) is 2.81. The second-order valence-electron chi connectivity index (χ2n) is 5.76. The summed E-state index contributed by atoms with van der Waals surface area (Å²) in [4.78, 5) is 36.0. The van der Waals surface area contributed by atoms with Crippen LogP contribution >= 0.6 is 0 Å². The number of nitrogens with one attached hydrogen (secondary N) is 1. The Hall–Kier alpha value is -2.51. The maximum atomic E-state index is 14.0. The predicted molar refractivity (Wildman–Crippen MR) is 79.9 cm³/mol. The lowest BCUT2D eigenvalue weighted by atomic mass is 10.0. The van der Waals surface area contributed by atoms with Crippen molar-refractivity contribution in [3.63, 3.8) is 0 Å². The van der Waals surface area contributed by atoms with Gasteiger partial charge in [0.1, 0.15) is 11.6 Å². The van der Waals surface area contributed by atoms with Crippen molar-refractivity contribution in [2.24, 2.45) is 5.92 Å². The van der Waals surface area contributed by atoms with E-state index >= 15 is 0 Å². The third-order valence-electron chi connectivity index (χ3n) is 3.99. The number of likely N-dealkylation sites (tertiary alicyclic amines) is 1. The molecule has 0 spiro atoms. The van der Waals surface area contributed by atoms with E-state index in [0.29, 0.717) is 6.42 Å². The Morgan fingerprint density at radius 2 is 1.96 bits per heavy atom. The standard InChI is InChI=1S/C16H18F2N2O4/c1-9(21)19-13(15-11(17)3-2-4-12(15)18)7-14(22)20-6-5-10(8-20)16(23)24/h2-4,10,13H,5-8H2,1H3,(H,19,21)(H,23,24)/t10-,13-/m1/s1. The average molecular weight is 340 g/mol. The molecule has 0 bridgehead atoms. The normalized spacial score (nSPS) is 18.3. The number of carboxylic acids is 1. The molecule has 6 nitrogen and oxygen atoms in total. The molecule has 1 aliphatic heterocycles. The van der Waals surface area contributed by atoms with E-state index in [2.05, 4.69) is 5.32 Å². The van der Waals surface area contributed by atoms with Crippen LogP contribution in [0.1, 0.15) is 31.4 Å². The molecule has 0 saturated carbocycles. The van der Waals surface area contributed by atoms with Crippen molar-refractivity contribution in [1.29, 1.82) is 0 Å². The Kier molecular flexibility index (Phi) is 5.48. The number of hydrogen-bond donors (Lipinski definition) is 2. The summed E-state index contributed by atoms with van der Waals surface area (Å²) < 4.78 is 27.9. The lowest BCUT2D eigenvalue weighted by molar-refractivity contribution is -0.141. The monoisotopic (exact) mass is 340 g/mol. The molecule has 24 heavy (non-hydrogen) atoms. The van der Waals surface area contributed by atoms with Gasteiger partial charge in [0.2, 0.25) is 11.8 Å². The van der Waals surface area contributed by atoms with Crippen LogP contribution in [0.5, 0.6) is 0 Å². The first kappa shape index (κ1) is 17.8. The second-order valence-corrected chi connectivity index (χ2v) is 5.76. The van der Waals surface area contributed by atoms with Crippen LogP contribution in [0.2, 0.25) is 0 Å². The summed E-state index contributed by atoms with van der Waals surface area (Å²) in [6.07, 6.45) is -0.0102. The molecule has 1 aromatic rings. The summed E-state index contributed by atoms with van der Waals surface area (Å²) >= 11 is 0. The van der Waals surface area contributed by atoms with Crippen LogP contribution in [0.4, 0.5) is 8.78 Å². The molecule has 8 heteroatoms.